The Morgan fingerprint density at radius 3 is 1.74 bits per heavy atom. The predicted molar refractivity (Wildman–Crippen MR) is 89.6 cm³/mol. The van der Waals surface area contributed by atoms with E-state index in [0.717, 1.165) is 17.8 Å². The van der Waals surface area contributed by atoms with Gasteiger partial charge in [0.2, 0.25) is 0 Å². The van der Waals surface area contributed by atoms with Gasteiger partial charge in [0, 0.05) is 0 Å². The van der Waals surface area contributed by atoms with Gasteiger partial charge in [-0.05, 0) is 24.2 Å². The van der Waals surface area contributed by atoms with Crippen LogP contribution in [0.4, 0.5) is 0 Å². The zero-order valence-corrected chi connectivity index (χ0v) is 14.5. The Balaban J connectivity index is 4.28. The molecule has 0 saturated heterocycles. The fourth-order valence-electron chi connectivity index (χ4n) is 3.44. The Bertz CT molecular complexity index is 171. The molecule has 19 heavy (non-hydrogen) atoms. The molecule has 0 radical (unpaired) electrons. The van der Waals surface area contributed by atoms with Gasteiger partial charge in [0.1, 0.15) is 0 Å². The fourth-order valence-corrected chi connectivity index (χ4v) is 3.44. The van der Waals surface area contributed by atoms with Crippen LogP contribution in [0, 0.1) is 17.8 Å². The first-order chi connectivity index (χ1) is 9.15. The summed E-state index contributed by atoms with van der Waals surface area (Å²) in [5.74, 6) is 2.88. The van der Waals surface area contributed by atoms with Crippen molar-refractivity contribution in [2.75, 3.05) is 0 Å². The Hall–Kier alpha value is 0. The molecule has 0 aromatic rings. The summed E-state index contributed by atoms with van der Waals surface area (Å²) in [6, 6.07) is 0. The third kappa shape index (κ3) is 10.4. The van der Waals surface area contributed by atoms with Crippen molar-refractivity contribution in [3.63, 3.8) is 0 Å². The maximum atomic E-state index is 2.40. The van der Waals surface area contributed by atoms with Crippen LogP contribution in [0.2, 0.25) is 0 Å². The second-order valence-corrected chi connectivity index (χ2v) is 6.93. The average molecular weight is 269 g/mol. The molecule has 0 aliphatic heterocycles. The van der Waals surface area contributed by atoms with E-state index in [0.29, 0.717) is 0 Å². The van der Waals surface area contributed by atoms with E-state index in [1.807, 2.05) is 0 Å². The van der Waals surface area contributed by atoms with Crippen molar-refractivity contribution in [3.05, 3.63) is 0 Å². The summed E-state index contributed by atoms with van der Waals surface area (Å²) >= 11 is 0. The molecule has 0 aromatic carbocycles. The minimum atomic E-state index is 0.872. The lowest BCUT2D eigenvalue weighted by Gasteiger charge is -2.29. The van der Waals surface area contributed by atoms with Crippen LogP contribution < -0.4 is 0 Å². The highest BCUT2D eigenvalue weighted by Gasteiger charge is 2.20. The molecule has 0 aliphatic rings. The molecular weight excluding hydrogens is 228 g/mol. The topological polar surface area (TPSA) is 0 Å². The lowest BCUT2D eigenvalue weighted by molar-refractivity contribution is 0.227. The normalized spacial score (nSPS) is 14.8. The van der Waals surface area contributed by atoms with Crippen molar-refractivity contribution in [1.29, 1.82) is 0 Å². The van der Waals surface area contributed by atoms with Crippen LogP contribution in [0.1, 0.15) is 105 Å². The minimum absolute atomic E-state index is 0.872. The van der Waals surface area contributed by atoms with E-state index in [1.54, 1.807) is 0 Å². The highest BCUT2D eigenvalue weighted by molar-refractivity contribution is 4.72. The molecule has 0 aliphatic carbocycles. The van der Waals surface area contributed by atoms with Gasteiger partial charge in [-0.15, -0.1) is 0 Å². The molecule has 0 N–H and O–H groups in total. The highest BCUT2D eigenvalue weighted by atomic mass is 14.3. The van der Waals surface area contributed by atoms with Crippen LogP contribution in [-0.2, 0) is 0 Å². The molecule has 0 rings (SSSR count). The summed E-state index contributed by atoms with van der Waals surface area (Å²) in [6.45, 7) is 11.8. The van der Waals surface area contributed by atoms with Crippen LogP contribution in [0.5, 0.6) is 0 Å². The molecule has 116 valence electrons. The third-order valence-corrected chi connectivity index (χ3v) is 4.46. The standard InChI is InChI=1S/C19H40/c1-6-9-11-12-15-18(14-10-7-2)19(13-8-3)16-17(4)5/h17-19H,6-16H2,1-5H3. The van der Waals surface area contributed by atoms with Gasteiger partial charge in [0.15, 0.2) is 0 Å². The molecule has 0 nitrogen and oxygen atoms in total. The Kier molecular flexibility index (Phi) is 13.0. The van der Waals surface area contributed by atoms with Crippen molar-refractivity contribution >= 4 is 0 Å². The number of hydrogen-bond donors (Lipinski definition) is 0. The van der Waals surface area contributed by atoms with Crippen LogP contribution in [0.3, 0.4) is 0 Å². The molecule has 0 bridgehead atoms. The van der Waals surface area contributed by atoms with E-state index in [-0.39, 0.29) is 0 Å². The van der Waals surface area contributed by atoms with E-state index < -0.39 is 0 Å². The van der Waals surface area contributed by atoms with Crippen molar-refractivity contribution in [2.45, 2.75) is 105 Å². The number of rotatable bonds is 13. The molecular formula is C19H40. The van der Waals surface area contributed by atoms with E-state index in [4.69, 9.17) is 0 Å². The first-order valence-corrected chi connectivity index (χ1v) is 9.15. The Morgan fingerprint density at radius 1 is 0.579 bits per heavy atom. The van der Waals surface area contributed by atoms with Gasteiger partial charge in [-0.2, -0.15) is 0 Å². The monoisotopic (exact) mass is 268 g/mol. The molecule has 0 aromatic heterocycles. The first-order valence-electron chi connectivity index (χ1n) is 9.15. The summed E-state index contributed by atoms with van der Waals surface area (Å²) in [5, 5.41) is 0. The zero-order chi connectivity index (χ0) is 14.5. The maximum Gasteiger partial charge on any atom is -0.0384 e. The summed E-state index contributed by atoms with van der Waals surface area (Å²) in [7, 11) is 0. The molecule has 0 heteroatoms. The van der Waals surface area contributed by atoms with E-state index >= 15 is 0 Å². The van der Waals surface area contributed by atoms with E-state index in [9.17, 15) is 0 Å². The second-order valence-electron chi connectivity index (χ2n) is 6.93. The predicted octanol–water partition coefficient (Wildman–Crippen LogP) is 7.23. The fraction of sp³-hybridized carbons (Fsp3) is 1.00. The summed E-state index contributed by atoms with van der Waals surface area (Å²) in [4.78, 5) is 0. The Morgan fingerprint density at radius 2 is 1.21 bits per heavy atom. The third-order valence-electron chi connectivity index (χ3n) is 4.46. The van der Waals surface area contributed by atoms with E-state index in [2.05, 4.69) is 34.6 Å². The van der Waals surface area contributed by atoms with Crippen molar-refractivity contribution in [2.24, 2.45) is 17.8 Å². The molecule has 0 saturated carbocycles. The summed E-state index contributed by atoms with van der Waals surface area (Å²) in [5.41, 5.74) is 0. The highest BCUT2D eigenvalue weighted by Crippen LogP contribution is 2.32. The molecule has 0 amide bonds. The van der Waals surface area contributed by atoms with Crippen LogP contribution in [-0.4, -0.2) is 0 Å². The average Bonchev–Trinajstić information content (AvgIpc) is 2.37. The molecule has 0 spiro atoms. The van der Waals surface area contributed by atoms with Crippen LogP contribution >= 0.6 is 0 Å². The summed E-state index contributed by atoms with van der Waals surface area (Å²) in [6.07, 6.45) is 15.8. The molecule has 0 heterocycles. The number of unbranched alkanes of at least 4 members (excludes halogenated alkanes) is 4. The van der Waals surface area contributed by atoms with Gasteiger partial charge in [-0.3, -0.25) is 0 Å². The van der Waals surface area contributed by atoms with Gasteiger partial charge in [0.05, 0.1) is 0 Å². The van der Waals surface area contributed by atoms with Gasteiger partial charge in [0.25, 0.3) is 0 Å². The minimum Gasteiger partial charge on any atom is -0.0654 e. The lowest BCUT2D eigenvalue weighted by atomic mass is 9.77. The smallest absolute Gasteiger partial charge is 0.0384 e. The van der Waals surface area contributed by atoms with Gasteiger partial charge in [-0.1, -0.05) is 98.8 Å². The first kappa shape index (κ1) is 19.0. The van der Waals surface area contributed by atoms with Gasteiger partial charge >= 0.3 is 0 Å². The second kappa shape index (κ2) is 13.0. The van der Waals surface area contributed by atoms with Crippen molar-refractivity contribution < 1.29 is 0 Å². The van der Waals surface area contributed by atoms with Crippen LogP contribution in [0.25, 0.3) is 0 Å². The largest absolute Gasteiger partial charge is 0.0654 e. The Labute approximate surface area is 123 Å². The van der Waals surface area contributed by atoms with Crippen LogP contribution in [0.15, 0.2) is 0 Å². The lowest BCUT2D eigenvalue weighted by Crippen LogP contribution is -2.17. The van der Waals surface area contributed by atoms with Gasteiger partial charge < -0.3 is 0 Å². The zero-order valence-electron chi connectivity index (χ0n) is 14.5. The summed E-state index contributed by atoms with van der Waals surface area (Å²) < 4.78 is 0. The quantitative estimate of drug-likeness (QED) is 0.309. The van der Waals surface area contributed by atoms with Gasteiger partial charge in [-0.25, -0.2) is 0 Å². The SMILES string of the molecule is CCCCCCC(CCCC)C(CCC)CC(C)C. The molecule has 0 fully saturated rings. The number of hydrogen-bond acceptors (Lipinski definition) is 0. The van der Waals surface area contributed by atoms with Crippen molar-refractivity contribution in [1.82, 2.24) is 0 Å². The van der Waals surface area contributed by atoms with E-state index in [1.165, 1.54) is 70.6 Å². The molecule has 2 atom stereocenters. The maximum absolute atomic E-state index is 2.40. The van der Waals surface area contributed by atoms with Crippen molar-refractivity contribution in [3.8, 4) is 0 Å². The molecule has 2 unspecified atom stereocenters.